The number of fused-ring (bicyclic) bond motifs is 1. The molecule has 2 aromatic heterocycles. The van der Waals surface area contributed by atoms with Gasteiger partial charge in [-0.05, 0) is 37.8 Å². The number of benzene rings is 1. The summed E-state index contributed by atoms with van der Waals surface area (Å²) in [6, 6.07) is 8.63. The first-order chi connectivity index (χ1) is 17.3. The van der Waals surface area contributed by atoms with E-state index >= 15 is 0 Å². The molecule has 0 spiro atoms. The number of aromatic nitrogens is 4. The number of hydrogen-bond acceptors (Lipinski definition) is 8. The molecule has 1 saturated heterocycles. The predicted molar refractivity (Wildman–Crippen MR) is 132 cm³/mol. The fourth-order valence-corrected chi connectivity index (χ4v) is 5.67. The van der Waals surface area contributed by atoms with E-state index in [1.165, 1.54) is 4.57 Å². The highest BCUT2D eigenvalue weighted by molar-refractivity contribution is 7.88. The maximum absolute atomic E-state index is 14.0. The number of nitrogens with zero attached hydrogens (tertiary/aromatic N) is 5. The molecule has 2 fully saturated rings. The molecule has 3 aromatic rings. The van der Waals surface area contributed by atoms with Crippen LogP contribution in [-0.4, -0.2) is 72.6 Å². The van der Waals surface area contributed by atoms with E-state index in [1.807, 2.05) is 4.90 Å². The minimum Gasteiger partial charge on any atom is -0.378 e. The van der Waals surface area contributed by atoms with Gasteiger partial charge in [-0.1, -0.05) is 12.1 Å². The molecule has 2 aliphatic rings. The van der Waals surface area contributed by atoms with Crippen molar-refractivity contribution < 1.29 is 21.9 Å². The van der Waals surface area contributed by atoms with Crippen molar-refractivity contribution in [2.24, 2.45) is 0 Å². The Morgan fingerprint density at radius 3 is 2.36 bits per heavy atom. The van der Waals surface area contributed by atoms with Gasteiger partial charge in [0.05, 0.1) is 30.5 Å². The second-order valence-corrected chi connectivity index (χ2v) is 11.0. The number of imidazole rings is 1. The largest absolute Gasteiger partial charge is 0.378 e. The number of nitrogens with one attached hydrogen (secondary N) is 2. The van der Waals surface area contributed by atoms with Crippen LogP contribution in [0.4, 0.5) is 20.5 Å². The molecule has 1 aliphatic carbocycles. The summed E-state index contributed by atoms with van der Waals surface area (Å²) in [5.41, 5.74) is 1.00. The van der Waals surface area contributed by atoms with Crippen molar-refractivity contribution in [2.75, 3.05) is 42.8 Å². The van der Waals surface area contributed by atoms with Crippen LogP contribution in [0.3, 0.4) is 0 Å². The Morgan fingerprint density at radius 2 is 1.67 bits per heavy atom. The van der Waals surface area contributed by atoms with Crippen LogP contribution in [0.1, 0.15) is 37.9 Å². The van der Waals surface area contributed by atoms with E-state index in [0.29, 0.717) is 67.8 Å². The van der Waals surface area contributed by atoms with Gasteiger partial charge in [0.15, 0.2) is 5.82 Å². The fourth-order valence-electron chi connectivity index (χ4n) is 4.83. The molecule has 0 bridgehead atoms. The van der Waals surface area contributed by atoms with Crippen molar-refractivity contribution in [3.05, 3.63) is 36.2 Å². The number of morpholine rings is 1. The lowest BCUT2D eigenvalue weighted by molar-refractivity contribution is 0.122. The van der Waals surface area contributed by atoms with E-state index in [1.54, 1.807) is 30.3 Å². The maximum atomic E-state index is 14.0. The minimum atomic E-state index is -3.26. The topological polar surface area (TPSA) is 114 Å². The van der Waals surface area contributed by atoms with Crippen LogP contribution in [0, 0.1) is 0 Å². The van der Waals surface area contributed by atoms with Crippen molar-refractivity contribution in [1.82, 2.24) is 24.2 Å². The molecule has 1 aromatic carbocycles. The summed E-state index contributed by atoms with van der Waals surface area (Å²) in [4.78, 5) is 15.5. The van der Waals surface area contributed by atoms with Crippen LogP contribution >= 0.6 is 0 Å². The number of para-hydroxylation sites is 2. The van der Waals surface area contributed by atoms with Crippen LogP contribution < -0.4 is 14.9 Å². The number of rotatable bonds is 7. The van der Waals surface area contributed by atoms with Gasteiger partial charge in [0.1, 0.15) is 11.6 Å². The molecule has 0 radical (unpaired) electrons. The van der Waals surface area contributed by atoms with Gasteiger partial charge >= 0.3 is 0 Å². The van der Waals surface area contributed by atoms with Crippen LogP contribution in [0.5, 0.6) is 0 Å². The Bertz CT molecular complexity index is 1320. The third kappa shape index (κ3) is 5.57. The minimum absolute atomic E-state index is 0.0319. The number of ether oxygens (including phenoxy) is 1. The number of anilines is 2. The summed E-state index contributed by atoms with van der Waals surface area (Å²) >= 11 is 0. The van der Waals surface area contributed by atoms with Gasteiger partial charge < -0.3 is 15.0 Å². The van der Waals surface area contributed by atoms with Crippen LogP contribution in [0.15, 0.2) is 30.3 Å². The molecule has 36 heavy (non-hydrogen) atoms. The van der Waals surface area contributed by atoms with Gasteiger partial charge in [-0.15, -0.1) is 0 Å². The summed E-state index contributed by atoms with van der Waals surface area (Å²) in [6.45, 7) is 2.36. The smallest absolute Gasteiger partial charge is 0.296 e. The molecule has 0 amide bonds. The summed E-state index contributed by atoms with van der Waals surface area (Å²) in [5.74, 6) is 0.897. The maximum Gasteiger partial charge on any atom is 0.296 e. The highest BCUT2D eigenvalue weighted by atomic mass is 32.2. The molecule has 2 N–H and O–H groups in total. The van der Waals surface area contributed by atoms with E-state index < -0.39 is 16.4 Å². The van der Waals surface area contributed by atoms with E-state index in [-0.39, 0.29) is 17.9 Å². The Morgan fingerprint density at radius 1 is 1.00 bits per heavy atom. The normalized spacial score (nSPS) is 21.3. The lowest BCUT2D eigenvalue weighted by Crippen LogP contribution is -2.40. The van der Waals surface area contributed by atoms with E-state index in [4.69, 9.17) is 9.72 Å². The summed E-state index contributed by atoms with van der Waals surface area (Å²) < 4.78 is 60.7. The van der Waals surface area contributed by atoms with Crippen molar-refractivity contribution in [1.29, 1.82) is 0 Å². The molecule has 194 valence electrons. The first-order valence-corrected chi connectivity index (χ1v) is 13.9. The first kappa shape index (κ1) is 24.8. The number of hydrogen-bond donors (Lipinski definition) is 2. The molecular weight excluding hydrogens is 492 g/mol. The quantitative estimate of drug-likeness (QED) is 0.488. The van der Waals surface area contributed by atoms with Crippen LogP contribution in [-0.2, 0) is 14.8 Å². The van der Waals surface area contributed by atoms with Crippen LogP contribution in [0.2, 0.25) is 0 Å². The molecule has 1 aliphatic heterocycles. The molecule has 1 saturated carbocycles. The molecule has 0 unspecified atom stereocenters. The second-order valence-electron chi connectivity index (χ2n) is 9.19. The van der Waals surface area contributed by atoms with Gasteiger partial charge in [-0.25, -0.2) is 26.9 Å². The Hall–Kier alpha value is -2.90. The summed E-state index contributed by atoms with van der Waals surface area (Å²) in [5, 5.41) is 3.36. The zero-order valence-electron chi connectivity index (χ0n) is 19.9. The molecule has 10 nitrogen and oxygen atoms in total. The Labute approximate surface area is 208 Å². The van der Waals surface area contributed by atoms with Gasteiger partial charge in [0.25, 0.3) is 6.43 Å². The lowest BCUT2D eigenvalue weighted by Gasteiger charge is -2.30. The monoisotopic (exact) mass is 521 g/mol. The summed E-state index contributed by atoms with van der Waals surface area (Å²) in [6.07, 6.45) is 1.20. The van der Waals surface area contributed by atoms with E-state index in [0.717, 1.165) is 19.1 Å². The first-order valence-electron chi connectivity index (χ1n) is 12.0. The third-order valence-corrected chi connectivity index (χ3v) is 7.25. The van der Waals surface area contributed by atoms with Gasteiger partial charge in [-0.2, -0.15) is 9.97 Å². The molecule has 0 atom stereocenters. The van der Waals surface area contributed by atoms with Crippen molar-refractivity contribution in [2.45, 2.75) is 44.2 Å². The SMILES string of the molecule is CS(=O)(=O)N[C@H]1CC[C@H](Nc2nc(N3CCOCC3)cc(-n3c(C(F)F)nc4ccccc43)n2)CC1. The zero-order chi connectivity index (χ0) is 25.3. The number of alkyl halides is 2. The highest BCUT2D eigenvalue weighted by Crippen LogP contribution is 2.30. The zero-order valence-corrected chi connectivity index (χ0v) is 20.7. The van der Waals surface area contributed by atoms with Gasteiger partial charge in [0.2, 0.25) is 16.0 Å². The summed E-state index contributed by atoms with van der Waals surface area (Å²) in [7, 11) is -3.26. The fraction of sp³-hybridized carbons (Fsp3) is 0.522. The van der Waals surface area contributed by atoms with Crippen molar-refractivity contribution in [3.63, 3.8) is 0 Å². The molecule has 3 heterocycles. The van der Waals surface area contributed by atoms with E-state index in [2.05, 4.69) is 20.0 Å². The van der Waals surface area contributed by atoms with Crippen molar-refractivity contribution in [3.8, 4) is 5.82 Å². The van der Waals surface area contributed by atoms with Crippen LogP contribution in [0.25, 0.3) is 16.9 Å². The Kier molecular flexibility index (Phi) is 7.04. The standard InChI is InChI=1S/C23H29F2N7O3S/c1-36(33,34)30-16-8-6-15(7-9-16)26-23-28-19(31-10-12-35-13-11-31)14-20(29-23)32-18-5-3-2-4-17(18)27-22(32)21(24)25/h2-5,14-16,21,30H,6-13H2,1H3,(H,26,28,29)/t15-,16-. The van der Waals surface area contributed by atoms with E-state index in [9.17, 15) is 17.2 Å². The predicted octanol–water partition coefficient (Wildman–Crippen LogP) is 2.86. The average molecular weight is 522 g/mol. The highest BCUT2D eigenvalue weighted by Gasteiger charge is 2.26. The average Bonchev–Trinajstić information content (AvgIpc) is 3.25. The molecule has 13 heteroatoms. The number of sulfonamides is 1. The molecular formula is C23H29F2N7O3S. The second kappa shape index (κ2) is 10.2. The lowest BCUT2D eigenvalue weighted by atomic mass is 9.92. The van der Waals surface area contributed by atoms with Crippen molar-refractivity contribution >= 4 is 32.8 Å². The van der Waals surface area contributed by atoms with Gasteiger partial charge in [0, 0.05) is 31.2 Å². The Balaban J connectivity index is 1.48. The number of halogens is 2. The molecule has 5 rings (SSSR count). The third-order valence-electron chi connectivity index (χ3n) is 6.49. The van der Waals surface area contributed by atoms with Gasteiger partial charge in [-0.3, -0.25) is 4.57 Å².